The van der Waals surface area contributed by atoms with Gasteiger partial charge in [0.1, 0.15) is 12.2 Å². The molecule has 2 aromatic carbocycles. The summed E-state index contributed by atoms with van der Waals surface area (Å²) in [6, 6.07) is 14.4. The minimum atomic E-state index is -0.434. The van der Waals surface area contributed by atoms with Gasteiger partial charge < -0.3 is 9.15 Å². The predicted molar refractivity (Wildman–Crippen MR) is 101 cm³/mol. The minimum Gasteiger partial charge on any atom is -0.444 e. The van der Waals surface area contributed by atoms with Gasteiger partial charge in [-0.2, -0.15) is 4.98 Å². The summed E-state index contributed by atoms with van der Waals surface area (Å²) in [7, 11) is 0. The van der Waals surface area contributed by atoms with Crippen molar-refractivity contribution in [3.63, 3.8) is 0 Å². The molecule has 27 heavy (non-hydrogen) atoms. The van der Waals surface area contributed by atoms with Crippen LogP contribution in [0.1, 0.15) is 18.1 Å². The minimum absolute atomic E-state index is 0.00325. The van der Waals surface area contributed by atoms with Gasteiger partial charge in [0.25, 0.3) is 0 Å². The molecule has 0 radical (unpaired) electrons. The van der Waals surface area contributed by atoms with Gasteiger partial charge in [-0.1, -0.05) is 47.9 Å². The first-order valence-electron chi connectivity index (χ1n) is 8.41. The highest BCUT2D eigenvalue weighted by Crippen LogP contribution is 2.27. The molecule has 6 nitrogen and oxygen atoms in total. The van der Waals surface area contributed by atoms with E-state index in [1.165, 1.54) is 6.07 Å². The molecule has 0 N–H and O–H groups in total. The van der Waals surface area contributed by atoms with Crippen molar-refractivity contribution in [1.82, 2.24) is 10.1 Å². The molecule has 0 unspecified atom stereocenters. The molecule has 0 saturated heterocycles. The monoisotopic (exact) mass is 382 g/mol. The van der Waals surface area contributed by atoms with Crippen LogP contribution in [-0.4, -0.2) is 10.1 Å². The zero-order valence-corrected chi connectivity index (χ0v) is 15.2. The molecule has 0 fully saturated rings. The van der Waals surface area contributed by atoms with Crippen molar-refractivity contribution >= 4 is 22.6 Å². The average molecular weight is 383 g/mol. The number of hydrogen-bond donors (Lipinski definition) is 0. The molecule has 7 heteroatoms. The lowest BCUT2D eigenvalue weighted by Gasteiger charge is -2.06. The van der Waals surface area contributed by atoms with Gasteiger partial charge in [-0.15, -0.1) is 0 Å². The molecule has 4 rings (SSSR count). The quantitative estimate of drug-likeness (QED) is 0.468. The van der Waals surface area contributed by atoms with Crippen LogP contribution in [-0.2, 0) is 13.0 Å². The summed E-state index contributed by atoms with van der Waals surface area (Å²) in [5.41, 5.74) is 2.52. The van der Waals surface area contributed by atoms with E-state index in [1.807, 2.05) is 37.3 Å². The predicted octanol–water partition coefficient (Wildman–Crippen LogP) is 4.64. The largest absolute Gasteiger partial charge is 0.444 e. The standard InChI is InChI=1S/C20H15ClN2O4/c1-2-12-7-8-14-13(10-18(24)26-17(14)9-12)11-25-20-22-19(23-27-20)15-5-3-4-6-16(15)21/h3-10H,2,11H2,1H3. The SMILES string of the molecule is CCc1ccc2c(COc3nc(-c4ccccc4Cl)no3)cc(=O)oc2c1. The molecule has 0 aliphatic heterocycles. The molecular formula is C20H15ClN2O4. The zero-order chi connectivity index (χ0) is 18.8. The number of rotatable bonds is 5. The van der Waals surface area contributed by atoms with E-state index in [2.05, 4.69) is 10.1 Å². The molecule has 0 bridgehead atoms. The maximum Gasteiger partial charge on any atom is 0.417 e. The number of hydrogen-bond acceptors (Lipinski definition) is 6. The Balaban J connectivity index is 1.59. The summed E-state index contributed by atoms with van der Waals surface area (Å²) >= 11 is 6.14. The number of benzene rings is 2. The summed E-state index contributed by atoms with van der Waals surface area (Å²) in [5.74, 6) is 0.334. The van der Waals surface area contributed by atoms with Gasteiger partial charge in [0, 0.05) is 22.6 Å². The van der Waals surface area contributed by atoms with Crippen LogP contribution in [0.15, 0.2) is 62.3 Å². The van der Waals surface area contributed by atoms with E-state index in [4.69, 9.17) is 25.3 Å². The van der Waals surface area contributed by atoms with Gasteiger partial charge in [0.2, 0.25) is 5.82 Å². The van der Waals surface area contributed by atoms with E-state index >= 15 is 0 Å². The molecule has 2 aromatic heterocycles. The molecule has 4 aromatic rings. The normalized spacial score (nSPS) is 11.0. The fraction of sp³-hybridized carbons (Fsp3) is 0.150. The summed E-state index contributed by atoms with van der Waals surface area (Å²) in [5, 5.41) is 5.21. The molecule has 136 valence electrons. The van der Waals surface area contributed by atoms with Crippen LogP contribution in [0.25, 0.3) is 22.4 Å². The zero-order valence-electron chi connectivity index (χ0n) is 14.4. The highest BCUT2D eigenvalue weighted by atomic mass is 35.5. The fourth-order valence-corrected chi connectivity index (χ4v) is 2.99. The van der Waals surface area contributed by atoms with Gasteiger partial charge in [-0.05, 0) is 30.2 Å². The Hall–Kier alpha value is -3.12. The summed E-state index contributed by atoms with van der Waals surface area (Å²) in [6.45, 7) is 2.14. The topological polar surface area (TPSA) is 78.4 Å². The Labute approximate surface area is 159 Å². The van der Waals surface area contributed by atoms with E-state index in [-0.39, 0.29) is 12.7 Å². The van der Waals surface area contributed by atoms with Gasteiger partial charge >= 0.3 is 11.7 Å². The van der Waals surface area contributed by atoms with Crippen molar-refractivity contribution in [2.45, 2.75) is 20.0 Å². The highest BCUT2D eigenvalue weighted by Gasteiger charge is 2.13. The Kier molecular flexibility index (Phi) is 4.64. The van der Waals surface area contributed by atoms with Gasteiger partial charge in [-0.3, -0.25) is 4.52 Å². The van der Waals surface area contributed by atoms with E-state index in [0.717, 1.165) is 17.4 Å². The number of nitrogens with zero attached hydrogens (tertiary/aromatic N) is 2. The summed E-state index contributed by atoms with van der Waals surface area (Å²) in [6.07, 6.45) is 0.851. The lowest BCUT2D eigenvalue weighted by Crippen LogP contribution is -2.04. The van der Waals surface area contributed by atoms with Gasteiger partial charge in [0.05, 0.1) is 5.02 Å². The first-order valence-corrected chi connectivity index (χ1v) is 8.79. The van der Waals surface area contributed by atoms with Crippen molar-refractivity contribution in [1.29, 1.82) is 0 Å². The van der Waals surface area contributed by atoms with Gasteiger partial charge in [-0.25, -0.2) is 4.79 Å². The van der Waals surface area contributed by atoms with Crippen LogP contribution >= 0.6 is 11.6 Å². The third kappa shape index (κ3) is 3.57. The number of ether oxygens (including phenoxy) is 1. The Morgan fingerprint density at radius 1 is 1.15 bits per heavy atom. The molecule has 0 saturated carbocycles. The highest BCUT2D eigenvalue weighted by molar-refractivity contribution is 6.33. The molecule has 0 atom stereocenters. The van der Waals surface area contributed by atoms with Crippen molar-refractivity contribution < 1.29 is 13.7 Å². The molecular weight excluding hydrogens is 368 g/mol. The average Bonchev–Trinajstić information content (AvgIpc) is 3.14. The van der Waals surface area contributed by atoms with Crippen molar-refractivity contribution in [2.24, 2.45) is 0 Å². The maximum absolute atomic E-state index is 11.9. The van der Waals surface area contributed by atoms with Crippen LogP contribution in [0.2, 0.25) is 5.02 Å². The number of fused-ring (bicyclic) bond motifs is 1. The lowest BCUT2D eigenvalue weighted by atomic mass is 10.1. The Morgan fingerprint density at radius 2 is 2.00 bits per heavy atom. The lowest BCUT2D eigenvalue weighted by molar-refractivity contribution is 0.195. The van der Waals surface area contributed by atoms with Crippen LogP contribution in [0.3, 0.4) is 0 Å². The van der Waals surface area contributed by atoms with E-state index < -0.39 is 5.63 Å². The van der Waals surface area contributed by atoms with Crippen molar-refractivity contribution in [3.8, 4) is 17.5 Å². The van der Waals surface area contributed by atoms with E-state index in [1.54, 1.807) is 12.1 Å². The second-order valence-electron chi connectivity index (χ2n) is 5.93. The van der Waals surface area contributed by atoms with Crippen LogP contribution < -0.4 is 10.4 Å². The third-order valence-corrected chi connectivity index (χ3v) is 4.51. The summed E-state index contributed by atoms with van der Waals surface area (Å²) < 4.78 is 16.0. The molecule has 0 spiro atoms. The van der Waals surface area contributed by atoms with Crippen molar-refractivity contribution in [2.75, 3.05) is 0 Å². The molecule has 2 heterocycles. The van der Waals surface area contributed by atoms with Crippen LogP contribution in [0.5, 0.6) is 6.08 Å². The molecule has 0 amide bonds. The smallest absolute Gasteiger partial charge is 0.417 e. The first kappa shape index (κ1) is 17.3. The Morgan fingerprint density at radius 3 is 2.81 bits per heavy atom. The first-order chi connectivity index (χ1) is 13.1. The molecule has 0 aliphatic rings. The van der Waals surface area contributed by atoms with Crippen LogP contribution in [0, 0.1) is 0 Å². The second kappa shape index (κ2) is 7.25. The third-order valence-electron chi connectivity index (χ3n) is 4.18. The number of aryl methyl sites for hydroxylation is 1. The number of aromatic nitrogens is 2. The Bertz CT molecular complexity index is 1170. The van der Waals surface area contributed by atoms with Gasteiger partial charge in [0.15, 0.2) is 0 Å². The maximum atomic E-state index is 11.9. The second-order valence-corrected chi connectivity index (χ2v) is 6.33. The fourth-order valence-electron chi connectivity index (χ4n) is 2.77. The van der Waals surface area contributed by atoms with E-state index in [0.29, 0.717) is 27.6 Å². The van der Waals surface area contributed by atoms with Crippen LogP contribution in [0.4, 0.5) is 0 Å². The molecule has 0 aliphatic carbocycles. The summed E-state index contributed by atoms with van der Waals surface area (Å²) in [4.78, 5) is 16.1. The van der Waals surface area contributed by atoms with Crippen molar-refractivity contribution in [3.05, 3.63) is 75.1 Å². The number of halogens is 1. The van der Waals surface area contributed by atoms with E-state index in [9.17, 15) is 4.79 Å².